The first-order valence-corrected chi connectivity index (χ1v) is 15.9. The molecule has 2 unspecified atom stereocenters. The molecule has 2 aliphatic carbocycles. The van der Waals surface area contributed by atoms with Crippen LogP contribution < -0.4 is 16.0 Å². The number of fused-ring (bicyclic) bond motifs is 2. The molecule has 2 fully saturated rings. The second-order valence-corrected chi connectivity index (χ2v) is 15.2. The summed E-state index contributed by atoms with van der Waals surface area (Å²) in [6.45, 7) is 18.1. The third kappa shape index (κ3) is 7.24. The van der Waals surface area contributed by atoms with Crippen LogP contribution in [0.4, 0.5) is 0 Å². The lowest BCUT2D eigenvalue weighted by molar-refractivity contribution is -0.146. The van der Waals surface area contributed by atoms with Gasteiger partial charge < -0.3 is 20.9 Å². The maximum Gasteiger partial charge on any atom is 0.289 e. The second kappa shape index (κ2) is 12.9. The van der Waals surface area contributed by atoms with E-state index >= 15 is 0 Å². The summed E-state index contributed by atoms with van der Waals surface area (Å²) < 4.78 is 0. The van der Waals surface area contributed by atoms with E-state index in [-0.39, 0.29) is 65.7 Å². The minimum absolute atomic E-state index is 0.0364. The van der Waals surface area contributed by atoms with Crippen LogP contribution in [-0.4, -0.2) is 65.5 Å². The van der Waals surface area contributed by atoms with E-state index in [2.05, 4.69) is 48.5 Å². The van der Waals surface area contributed by atoms with E-state index in [0.717, 1.165) is 0 Å². The van der Waals surface area contributed by atoms with E-state index in [4.69, 9.17) is 0 Å². The highest BCUT2D eigenvalue weighted by Crippen LogP contribution is 2.65. The van der Waals surface area contributed by atoms with E-state index in [9.17, 15) is 24.0 Å². The number of hydrogen-bond donors (Lipinski definition) is 3. The lowest BCUT2D eigenvalue weighted by atomic mass is 9.90. The lowest BCUT2D eigenvalue weighted by Gasteiger charge is -2.35. The van der Waals surface area contributed by atoms with Crippen molar-refractivity contribution in [3.8, 4) is 0 Å². The van der Waals surface area contributed by atoms with Crippen LogP contribution in [-0.2, 0) is 36.8 Å². The third-order valence-corrected chi connectivity index (χ3v) is 9.56. The van der Waals surface area contributed by atoms with Crippen LogP contribution in [0.2, 0.25) is 0 Å². The van der Waals surface area contributed by atoms with Gasteiger partial charge >= 0.3 is 0 Å². The summed E-state index contributed by atoms with van der Waals surface area (Å²) in [5.41, 5.74) is 1.94. The van der Waals surface area contributed by atoms with Crippen molar-refractivity contribution in [2.45, 2.75) is 92.3 Å². The summed E-state index contributed by atoms with van der Waals surface area (Å²) >= 11 is 0. The van der Waals surface area contributed by atoms with Crippen molar-refractivity contribution in [3.05, 3.63) is 48.0 Å². The van der Waals surface area contributed by atoms with Crippen molar-refractivity contribution in [1.29, 1.82) is 0 Å². The Labute approximate surface area is 262 Å². The number of nitrogens with one attached hydrogen (secondary N) is 3. The topological polar surface area (TPSA) is 125 Å². The first-order chi connectivity index (χ1) is 20.5. The summed E-state index contributed by atoms with van der Waals surface area (Å²) in [5, 5.41) is 8.46. The van der Waals surface area contributed by atoms with Crippen molar-refractivity contribution < 1.29 is 24.0 Å². The smallest absolute Gasteiger partial charge is 0.289 e. The van der Waals surface area contributed by atoms with Crippen LogP contribution in [0.25, 0.3) is 0 Å². The zero-order valence-corrected chi connectivity index (χ0v) is 27.4. The molecule has 1 aromatic rings. The van der Waals surface area contributed by atoms with Crippen molar-refractivity contribution in [1.82, 2.24) is 20.9 Å². The number of rotatable bonds is 12. The molecule has 9 heteroatoms. The SMILES string of the molecule is C=CCNC(=O)C(=O)C(CC(C)C)NC(=O)C1[C@H]2[C@@H](CN1C(=O)[C@@H](NC(=O)CC(C)(C)C)C1Cc3ccccc3C1)C2(C)C. The van der Waals surface area contributed by atoms with Gasteiger partial charge in [-0.3, -0.25) is 24.0 Å². The first-order valence-electron chi connectivity index (χ1n) is 15.9. The van der Waals surface area contributed by atoms with Gasteiger partial charge in [0.1, 0.15) is 12.1 Å². The maximum absolute atomic E-state index is 14.5. The Morgan fingerprint density at radius 1 is 1.05 bits per heavy atom. The number of piperidine rings is 1. The monoisotopic (exact) mass is 606 g/mol. The lowest BCUT2D eigenvalue weighted by Crippen LogP contribution is -2.59. The highest BCUT2D eigenvalue weighted by atomic mass is 16.2. The molecule has 9 nitrogen and oxygen atoms in total. The molecular formula is C35H50N4O5. The van der Waals surface area contributed by atoms with Crippen LogP contribution in [0.3, 0.4) is 0 Å². The fourth-order valence-electron chi connectivity index (χ4n) is 7.28. The number of benzene rings is 1. The Morgan fingerprint density at radius 3 is 2.20 bits per heavy atom. The van der Waals surface area contributed by atoms with Crippen molar-refractivity contribution in [2.75, 3.05) is 13.1 Å². The van der Waals surface area contributed by atoms with Gasteiger partial charge in [-0.2, -0.15) is 0 Å². The van der Waals surface area contributed by atoms with Crippen molar-refractivity contribution in [3.63, 3.8) is 0 Å². The number of nitrogens with zero attached hydrogens (tertiary/aromatic N) is 1. The van der Waals surface area contributed by atoms with Crippen LogP contribution in [0.1, 0.15) is 72.4 Å². The molecule has 4 rings (SSSR count). The molecular weight excluding hydrogens is 556 g/mol. The first kappa shape index (κ1) is 33.4. The van der Waals surface area contributed by atoms with E-state index in [1.54, 1.807) is 4.90 Å². The molecule has 1 aliphatic heterocycles. The number of hydrogen-bond acceptors (Lipinski definition) is 5. The molecule has 3 N–H and O–H groups in total. The quantitative estimate of drug-likeness (QED) is 0.249. The number of likely N-dealkylation sites (tertiary alicyclic amines) is 1. The summed E-state index contributed by atoms with van der Waals surface area (Å²) in [6.07, 6.45) is 3.37. The molecule has 3 aliphatic rings. The third-order valence-electron chi connectivity index (χ3n) is 9.56. The van der Waals surface area contributed by atoms with Gasteiger partial charge in [0.25, 0.3) is 5.91 Å². The molecule has 1 heterocycles. The average molecular weight is 607 g/mol. The Hall–Kier alpha value is -3.49. The van der Waals surface area contributed by atoms with Crippen LogP contribution in [0.5, 0.6) is 0 Å². The average Bonchev–Trinajstić information content (AvgIpc) is 3.29. The molecule has 1 saturated heterocycles. The van der Waals surface area contributed by atoms with E-state index < -0.39 is 35.7 Å². The van der Waals surface area contributed by atoms with E-state index in [1.807, 2.05) is 46.8 Å². The molecule has 240 valence electrons. The normalized spacial score (nSPS) is 23.3. The summed E-state index contributed by atoms with van der Waals surface area (Å²) in [4.78, 5) is 69.1. The van der Waals surface area contributed by atoms with Gasteiger partial charge in [0, 0.05) is 19.5 Å². The van der Waals surface area contributed by atoms with Gasteiger partial charge in [0.05, 0.1) is 6.04 Å². The van der Waals surface area contributed by atoms with Gasteiger partial charge in [-0.15, -0.1) is 6.58 Å². The van der Waals surface area contributed by atoms with Gasteiger partial charge in [0.2, 0.25) is 23.5 Å². The fourth-order valence-corrected chi connectivity index (χ4v) is 7.28. The molecule has 1 aromatic carbocycles. The number of ketones is 1. The number of amides is 4. The molecule has 1 saturated carbocycles. The Kier molecular flexibility index (Phi) is 9.76. The van der Waals surface area contributed by atoms with Crippen LogP contribution in [0, 0.1) is 34.5 Å². The molecule has 0 aromatic heterocycles. The predicted molar refractivity (Wildman–Crippen MR) is 169 cm³/mol. The number of carbonyl (C=O) groups is 5. The fraction of sp³-hybridized carbons (Fsp3) is 0.629. The van der Waals surface area contributed by atoms with Crippen LogP contribution >= 0.6 is 0 Å². The minimum Gasteiger partial charge on any atom is -0.346 e. The van der Waals surface area contributed by atoms with Gasteiger partial charge in [-0.1, -0.05) is 78.8 Å². The van der Waals surface area contributed by atoms with E-state index in [0.29, 0.717) is 19.4 Å². The molecule has 5 atom stereocenters. The van der Waals surface area contributed by atoms with E-state index in [1.165, 1.54) is 17.2 Å². The highest BCUT2D eigenvalue weighted by Gasteiger charge is 2.69. The maximum atomic E-state index is 14.5. The van der Waals surface area contributed by atoms with Gasteiger partial charge in [0.15, 0.2) is 0 Å². The molecule has 0 radical (unpaired) electrons. The Morgan fingerprint density at radius 2 is 1.66 bits per heavy atom. The predicted octanol–water partition coefficient (Wildman–Crippen LogP) is 3.21. The van der Waals surface area contributed by atoms with Crippen LogP contribution in [0.15, 0.2) is 36.9 Å². The van der Waals surface area contributed by atoms with Crippen molar-refractivity contribution >= 4 is 29.4 Å². The Balaban J connectivity index is 1.60. The molecule has 0 bridgehead atoms. The zero-order valence-electron chi connectivity index (χ0n) is 27.4. The summed E-state index contributed by atoms with van der Waals surface area (Å²) in [6, 6.07) is 5.50. The second-order valence-electron chi connectivity index (χ2n) is 15.2. The Bertz CT molecular complexity index is 1290. The highest BCUT2D eigenvalue weighted by molar-refractivity contribution is 6.38. The number of Topliss-reactive ketones (excluding diaryl/α,β-unsaturated/α-hetero) is 1. The van der Waals surface area contributed by atoms with Crippen molar-refractivity contribution in [2.24, 2.45) is 34.5 Å². The minimum atomic E-state index is -1.02. The largest absolute Gasteiger partial charge is 0.346 e. The number of carbonyl (C=O) groups excluding carboxylic acids is 5. The van der Waals surface area contributed by atoms with Gasteiger partial charge in [-0.05, 0) is 64.9 Å². The molecule has 44 heavy (non-hydrogen) atoms. The zero-order chi connectivity index (χ0) is 32.6. The molecule has 4 amide bonds. The summed E-state index contributed by atoms with van der Waals surface area (Å²) in [7, 11) is 0. The summed E-state index contributed by atoms with van der Waals surface area (Å²) in [5.74, 6) is -2.42. The molecule has 0 spiro atoms. The standard InChI is InChI=1S/C35H50N4O5/c1-9-14-36-32(43)30(41)25(15-20(2)3)37-31(42)29-27-24(35(27,7)8)19-39(29)33(44)28(38-26(40)18-34(4,5)6)23-16-21-12-10-11-13-22(21)17-23/h9-13,20,23-25,27-29H,1,14-19H2,2-8H3,(H,36,43)(H,37,42)(H,38,40)/t24-,25?,27-,28+,29?/m1/s1. The van der Waals surface area contributed by atoms with Gasteiger partial charge in [-0.25, -0.2) is 0 Å².